The van der Waals surface area contributed by atoms with Crippen LogP contribution in [0.3, 0.4) is 0 Å². The van der Waals surface area contributed by atoms with Crippen LogP contribution < -0.4 is 0 Å². The van der Waals surface area contributed by atoms with Crippen LogP contribution in [0.4, 0.5) is 0 Å². The zero-order valence-electron chi connectivity index (χ0n) is 8.08. The molecule has 3 rings (SSSR count). The number of hydrogen-bond acceptors (Lipinski definition) is 4. The Morgan fingerprint density at radius 3 is 2.75 bits per heavy atom. The Morgan fingerprint density at radius 2 is 1.94 bits per heavy atom. The normalized spacial score (nSPS) is 10.8. The number of benzene rings is 1. The number of fused-ring (bicyclic) bond motifs is 1. The van der Waals surface area contributed by atoms with Crippen molar-refractivity contribution in [3.05, 3.63) is 41.8 Å². The van der Waals surface area contributed by atoms with E-state index in [2.05, 4.69) is 20.3 Å². The second-order valence-electron chi connectivity index (χ2n) is 3.22. The number of hydrogen-bond donors (Lipinski definition) is 0. The van der Waals surface area contributed by atoms with Gasteiger partial charge >= 0.3 is 0 Å². The molecule has 2 aromatic heterocycles. The van der Waals surface area contributed by atoms with Gasteiger partial charge in [0.2, 0.25) is 0 Å². The maximum absolute atomic E-state index is 5.81. The van der Waals surface area contributed by atoms with Gasteiger partial charge in [0.05, 0.1) is 11.9 Å². The Kier molecular flexibility index (Phi) is 2.04. The minimum Gasteiger partial charge on any atom is -0.208 e. The lowest BCUT2D eigenvalue weighted by molar-refractivity contribution is 0.901. The molecule has 0 amide bonds. The van der Waals surface area contributed by atoms with E-state index in [4.69, 9.17) is 11.6 Å². The van der Waals surface area contributed by atoms with Crippen molar-refractivity contribution in [3.63, 3.8) is 0 Å². The van der Waals surface area contributed by atoms with Gasteiger partial charge in [-0.3, -0.25) is 0 Å². The van der Waals surface area contributed by atoms with Crippen LogP contribution >= 0.6 is 11.6 Å². The van der Waals surface area contributed by atoms with Crippen LogP contribution in [0.5, 0.6) is 0 Å². The van der Waals surface area contributed by atoms with E-state index >= 15 is 0 Å². The highest BCUT2D eigenvalue weighted by atomic mass is 35.5. The number of rotatable bonds is 1. The molecular formula is C10H6ClN5. The van der Waals surface area contributed by atoms with E-state index in [1.807, 2.05) is 24.3 Å². The van der Waals surface area contributed by atoms with Crippen molar-refractivity contribution in [1.82, 2.24) is 24.8 Å². The summed E-state index contributed by atoms with van der Waals surface area (Å²) in [6.07, 6.45) is 3.17. The maximum Gasteiger partial charge on any atom is 0.272 e. The predicted octanol–water partition coefficient (Wildman–Crippen LogP) is 1.84. The third kappa shape index (κ3) is 1.51. The lowest BCUT2D eigenvalue weighted by atomic mass is 10.2. The van der Waals surface area contributed by atoms with E-state index in [9.17, 15) is 0 Å². The van der Waals surface area contributed by atoms with E-state index in [1.54, 1.807) is 6.20 Å². The Morgan fingerprint density at radius 1 is 1.12 bits per heavy atom. The first-order valence-corrected chi connectivity index (χ1v) is 5.00. The highest BCUT2D eigenvalue weighted by Crippen LogP contribution is 2.18. The fourth-order valence-electron chi connectivity index (χ4n) is 1.39. The van der Waals surface area contributed by atoms with Crippen molar-refractivity contribution in [2.75, 3.05) is 0 Å². The molecule has 0 radical (unpaired) electrons. The molecule has 1 aromatic carbocycles. The van der Waals surface area contributed by atoms with Crippen LogP contribution in [0, 0.1) is 0 Å². The summed E-state index contributed by atoms with van der Waals surface area (Å²) in [5.74, 6) is 0.479. The van der Waals surface area contributed by atoms with Crippen LogP contribution in [-0.4, -0.2) is 24.8 Å². The summed E-state index contributed by atoms with van der Waals surface area (Å²) >= 11 is 5.81. The third-order valence-electron chi connectivity index (χ3n) is 2.18. The zero-order chi connectivity index (χ0) is 11.0. The van der Waals surface area contributed by atoms with Crippen molar-refractivity contribution < 1.29 is 0 Å². The maximum atomic E-state index is 5.81. The van der Waals surface area contributed by atoms with Crippen molar-refractivity contribution in [3.8, 4) is 11.3 Å². The Labute approximate surface area is 95.7 Å². The summed E-state index contributed by atoms with van der Waals surface area (Å²) in [5, 5.41) is 12.4. The average Bonchev–Trinajstić information content (AvgIpc) is 2.77. The molecule has 78 valence electrons. The van der Waals surface area contributed by atoms with Gasteiger partial charge in [-0.25, -0.2) is 4.98 Å². The van der Waals surface area contributed by atoms with Gasteiger partial charge in [-0.1, -0.05) is 23.7 Å². The van der Waals surface area contributed by atoms with Crippen LogP contribution in [-0.2, 0) is 0 Å². The fraction of sp³-hybridized carbons (Fsp3) is 0. The minimum absolute atomic E-state index is 0.479. The molecule has 3 aromatic rings. The Hall–Kier alpha value is -2.01. The minimum atomic E-state index is 0.479. The van der Waals surface area contributed by atoms with Gasteiger partial charge in [0, 0.05) is 10.6 Å². The van der Waals surface area contributed by atoms with Gasteiger partial charge in [-0.2, -0.15) is 9.61 Å². The summed E-state index contributed by atoms with van der Waals surface area (Å²) in [7, 11) is 0. The first-order valence-electron chi connectivity index (χ1n) is 4.62. The molecule has 0 aliphatic heterocycles. The highest BCUT2D eigenvalue weighted by molar-refractivity contribution is 6.30. The standard InChI is InChI=1S/C10H6ClN5/c11-8-3-1-7(2-4-8)9-5-13-16-6-12-15-10(16)14-9/h1-6H. The van der Waals surface area contributed by atoms with Crippen molar-refractivity contribution in [2.24, 2.45) is 0 Å². The topological polar surface area (TPSA) is 56.0 Å². The van der Waals surface area contributed by atoms with Gasteiger partial charge in [-0.05, 0) is 12.1 Å². The van der Waals surface area contributed by atoms with Crippen LogP contribution in [0.2, 0.25) is 5.02 Å². The summed E-state index contributed by atoms with van der Waals surface area (Å²) in [5.41, 5.74) is 1.69. The smallest absolute Gasteiger partial charge is 0.208 e. The van der Waals surface area contributed by atoms with E-state index in [0.717, 1.165) is 11.3 Å². The lowest BCUT2D eigenvalue weighted by Crippen LogP contribution is -1.95. The van der Waals surface area contributed by atoms with Gasteiger partial charge in [-0.15, -0.1) is 10.2 Å². The average molecular weight is 232 g/mol. The molecule has 0 N–H and O–H groups in total. The lowest BCUT2D eigenvalue weighted by Gasteiger charge is -1.99. The highest BCUT2D eigenvalue weighted by Gasteiger charge is 2.03. The van der Waals surface area contributed by atoms with Crippen LogP contribution in [0.15, 0.2) is 36.8 Å². The Bertz CT molecular complexity index is 631. The van der Waals surface area contributed by atoms with Gasteiger partial charge < -0.3 is 0 Å². The molecule has 6 heteroatoms. The van der Waals surface area contributed by atoms with Crippen molar-refractivity contribution in [1.29, 1.82) is 0 Å². The summed E-state index contributed by atoms with van der Waals surface area (Å²) in [6, 6.07) is 7.40. The van der Waals surface area contributed by atoms with Gasteiger partial charge in [0.1, 0.15) is 6.33 Å². The van der Waals surface area contributed by atoms with Crippen LogP contribution in [0.1, 0.15) is 0 Å². The second-order valence-corrected chi connectivity index (χ2v) is 3.66. The van der Waals surface area contributed by atoms with E-state index < -0.39 is 0 Å². The SMILES string of the molecule is Clc1ccc(-c2cnn3cnnc3n2)cc1. The molecule has 5 nitrogen and oxygen atoms in total. The molecular weight excluding hydrogens is 226 g/mol. The molecule has 0 bridgehead atoms. The third-order valence-corrected chi connectivity index (χ3v) is 2.43. The van der Waals surface area contributed by atoms with Gasteiger partial charge in [0.15, 0.2) is 0 Å². The van der Waals surface area contributed by atoms with Crippen LogP contribution in [0.25, 0.3) is 17.0 Å². The molecule has 0 atom stereocenters. The first kappa shape index (κ1) is 9.23. The Balaban J connectivity index is 2.14. The molecule has 0 aliphatic carbocycles. The first-order chi connectivity index (χ1) is 7.83. The monoisotopic (exact) mass is 231 g/mol. The van der Waals surface area contributed by atoms with E-state index in [0.29, 0.717) is 10.8 Å². The number of nitrogens with zero attached hydrogens (tertiary/aromatic N) is 5. The van der Waals surface area contributed by atoms with E-state index in [-0.39, 0.29) is 0 Å². The second kappa shape index (κ2) is 3.53. The molecule has 0 aliphatic rings. The quantitative estimate of drug-likeness (QED) is 0.641. The van der Waals surface area contributed by atoms with Crippen molar-refractivity contribution >= 4 is 17.4 Å². The number of aromatic nitrogens is 5. The molecule has 0 saturated heterocycles. The molecule has 2 heterocycles. The van der Waals surface area contributed by atoms with Crippen molar-refractivity contribution in [2.45, 2.75) is 0 Å². The molecule has 0 saturated carbocycles. The largest absolute Gasteiger partial charge is 0.272 e. The van der Waals surface area contributed by atoms with E-state index in [1.165, 1.54) is 10.8 Å². The summed E-state index contributed by atoms with van der Waals surface area (Å²) in [6.45, 7) is 0. The molecule has 0 spiro atoms. The zero-order valence-corrected chi connectivity index (χ0v) is 8.83. The fourth-order valence-corrected chi connectivity index (χ4v) is 1.52. The molecule has 0 unspecified atom stereocenters. The van der Waals surface area contributed by atoms with Gasteiger partial charge in [0.25, 0.3) is 5.78 Å². The summed E-state index contributed by atoms with van der Waals surface area (Å²) < 4.78 is 1.51. The molecule has 0 fully saturated rings. The number of halogens is 1. The predicted molar refractivity (Wildman–Crippen MR) is 59.0 cm³/mol. The molecule has 16 heavy (non-hydrogen) atoms. The summed E-state index contributed by atoms with van der Waals surface area (Å²) in [4.78, 5) is 4.32.